The number of carbonyl (C=O) groups excluding carboxylic acids is 1. The molecule has 2 aliphatic rings. The van der Waals surface area contributed by atoms with Crippen LogP contribution >= 0.6 is 0 Å². The van der Waals surface area contributed by atoms with Gasteiger partial charge in [-0.05, 0) is 42.9 Å². The minimum atomic E-state index is -3.75. The average molecular weight is 401 g/mol. The molecule has 28 heavy (non-hydrogen) atoms. The summed E-state index contributed by atoms with van der Waals surface area (Å²) in [6.07, 6.45) is 1.76. The third-order valence-corrected chi connectivity index (χ3v) is 6.64. The molecule has 1 aromatic heterocycles. The summed E-state index contributed by atoms with van der Waals surface area (Å²) in [5, 5.41) is 0. The Morgan fingerprint density at radius 2 is 1.79 bits per heavy atom. The quantitative estimate of drug-likeness (QED) is 0.827. The van der Waals surface area contributed by atoms with Crippen LogP contribution in [0.2, 0.25) is 0 Å². The van der Waals surface area contributed by atoms with Crippen LogP contribution < -0.4 is 14.5 Å². The highest BCUT2D eigenvalue weighted by Crippen LogP contribution is 2.30. The number of rotatable bonds is 4. The molecule has 2 aromatic rings. The van der Waals surface area contributed by atoms with Crippen LogP contribution in [0.3, 0.4) is 0 Å². The lowest BCUT2D eigenvalue weighted by Crippen LogP contribution is -2.44. The average Bonchev–Trinajstić information content (AvgIpc) is 2.96. The fourth-order valence-corrected chi connectivity index (χ4v) is 4.59. The Labute approximate surface area is 164 Å². The molecule has 0 spiro atoms. The number of pyridine rings is 1. The Bertz CT molecular complexity index is 999. The highest BCUT2D eigenvalue weighted by Gasteiger charge is 2.26. The van der Waals surface area contributed by atoms with Crippen LogP contribution in [0.5, 0.6) is 0 Å². The first-order chi connectivity index (χ1) is 13.3. The van der Waals surface area contributed by atoms with Crippen molar-refractivity contribution in [2.24, 2.45) is 0 Å². The zero-order chi connectivity index (χ0) is 19.9. The number of hydrogen-bond donors (Lipinski definition) is 1. The molecule has 0 atom stereocenters. The van der Waals surface area contributed by atoms with Crippen molar-refractivity contribution in [2.75, 3.05) is 54.8 Å². The number of fused-ring (bicyclic) bond motifs is 1. The lowest BCUT2D eigenvalue weighted by molar-refractivity contribution is -0.117. The molecule has 0 aliphatic carbocycles. The first-order valence-corrected chi connectivity index (χ1v) is 10.6. The van der Waals surface area contributed by atoms with Crippen LogP contribution in [0.4, 0.5) is 17.2 Å². The van der Waals surface area contributed by atoms with E-state index in [9.17, 15) is 13.2 Å². The van der Waals surface area contributed by atoms with Crippen LogP contribution in [0.15, 0.2) is 41.4 Å². The van der Waals surface area contributed by atoms with Crippen molar-refractivity contribution in [1.29, 1.82) is 0 Å². The van der Waals surface area contributed by atoms with E-state index >= 15 is 0 Å². The van der Waals surface area contributed by atoms with Gasteiger partial charge in [0.2, 0.25) is 5.91 Å². The van der Waals surface area contributed by atoms with Gasteiger partial charge >= 0.3 is 0 Å². The van der Waals surface area contributed by atoms with E-state index in [4.69, 9.17) is 0 Å². The number of nitrogens with zero attached hydrogens (tertiary/aromatic N) is 4. The van der Waals surface area contributed by atoms with Crippen molar-refractivity contribution < 1.29 is 13.2 Å². The minimum absolute atomic E-state index is 0.0406. The summed E-state index contributed by atoms with van der Waals surface area (Å²) >= 11 is 0. The van der Waals surface area contributed by atoms with Gasteiger partial charge in [0.15, 0.2) is 0 Å². The largest absolute Gasteiger partial charge is 0.354 e. The molecule has 0 radical (unpaired) electrons. The Morgan fingerprint density at radius 1 is 1.04 bits per heavy atom. The second-order valence-corrected chi connectivity index (χ2v) is 8.90. The molecule has 9 heteroatoms. The molecule has 1 amide bonds. The van der Waals surface area contributed by atoms with Crippen molar-refractivity contribution in [1.82, 2.24) is 9.88 Å². The number of sulfonamides is 1. The van der Waals surface area contributed by atoms with E-state index in [2.05, 4.69) is 26.6 Å². The second-order valence-electron chi connectivity index (χ2n) is 7.22. The summed E-state index contributed by atoms with van der Waals surface area (Å²) in [4.78, 5) is 22.4. The van der Waals surface area contributed by atoms with Gasteiger partial charge in [0, 0.05) is 38.9 Å². The summed E-state index contributed by atoms with van der Waals surface area (Å²) in [6, 6.07) is 8.30. The summed E-state index contributed by atoms with van der Waals surface area (Å²) in [7, 11) is 0.0265. The van der Waals surface area contributed by atoms with Gasteiger partial charge in [-0.25, -0.2) is 13.4 Å². The maximum atomic E-state index is 12.7. The summed E-state index contributed by atoms with van der Waals surface area (Å²) in [5.74, 6) is 0.802. The summed E-state index contributed by atoms with van der Waals surface area (Å²) in [6.45, 7) is 3.76. The number of carbonyl (C=O) groups is 1. The molecule has 1 aromatic carbocycles. The Morgan fingerprint density at radius 3 is 2.46 bits per heavy atom. The second kappa shape index (κ2) is 7.06. The SMILES string of the molecule is CN1CCN(c2ccc(NS(=O)(=O)c3ccc4c(c3)CC(=O)N4C)cn2)CC1. The molecule has 3 heterocycles. The molecule has 0 unspecified atom stereocenters. The van der Waals surface area contributed by atoms with Gasteiger partial charge in [0.1, 0.15) is 5.82 Å². The Balaban J connectivity index is 1.49. The van der Waals surface area contributed by atoms with Crippen molar-refractivity contribution in [3.63, 3.8) is 0 Å². The number of nitrogens with one attached hydrogen (secondary N) is 1. The van der Waals surface area contributed by atoms with Crippen LogP contribution in [-0.4, -0.2) is 64.5 Å². The fourth-order valence-electron chi connectivity index (χ4n) is 3.50. The first-order valence-electron chi connectivity index (χ1n) is 9.15. The molecule has 0 bridgehead atoms. The van der Waals surface area contributed by atoms with Crippen molar-refractivity contribution in [3.8, 4) is 0 Å². The highest BCUT2D eigenvalue weighted by molar-refractivity contribution is 7.92. The number of anilines is 3. The smallest absolute Gasteiger partial charge is 0.261 e. The third-order valence-electron chi connectivity index (χ3n) is 5.27. The molecular weight excluding hydrogens is 378 g/mol. The third kappa shape index (κ3) is 3.55. The predicted octanol–water partition coefficient (Wildman–Crippen LogP) is 1.15. The number of aromatic nitrogens is 1. The lowest BCUT2D eigenvalue weighted by Gasteiger charge is -2.33. The van der Waals surface area contributed by atoms with Gasteiger partial charge in [0.25, 0.3) is 10.0 Å². The maximum absolute atomic E-state index is 12.7. The molecule has 0 saturated carbocycles. The van der Waals surface area contributed by atoms with Crippen LogP contribution in [0, 0.1) is 0 Å². The van der Waals surface area contributed by atoms with Gasteiger partial charge in [-0.15, -0.1) is 0 Å². The number of likely N-dealkylation sites (N-methyl/N-ethyl adjacent to an activating group) is 2. The van der Waals surface area contributed by atoms with Crippen LogP contribution in [0.1, 0.15) is 5.56 Å². The van der Waals surface area contributed by atoms with Crippen LogP contribution in [-0.2, 0) is 21.2 Å². The molecule has 1 N–H and O–H groups in total. The summed E-state index contributed by atoms with van der Waals surface area (Å²) < 4.78 is 28.0. The van der Waals surface area contributed by atoms with Crippen molar-refractivity contribution in [3.05, 3.63) is 42.1 Å². The van der Waals surface area contributed by atoms with E-state index in [-0.39, 0.29) is 17.2 Å². The van der Waals surface area contributed by atoms with E-state index < -0.39 is 10.0 Å². The van der Waals surface area contributed by atoms with Gasteiger partial charge < -0.3 is 14.7 Å². The number of piperazine rings is 1. The van der Waals surface area contributed by atoms with Gasteiger partial charge in [0.05, 0.1) is 23.2 Å². The molecule has 4 rings (SSSR count). The number of hydrogen-bond acceptors (Lipinski definition) is 6. The minimum Gasteiger partial charge on any atom is -0.354 e. The Hall–Kier alpha value is -2.65. The van der Waals surface area contributed by atoms with E-state index in [0.717, 1.165) is 43.2 Å². The topological polar surface area (TPSA) is 85.8 Å². The molecule has 8 nitrogen and oxygen atoms in total. The highest BCUT2D eigenvalue weighted by atomic mass is 32.2. The predicted molar refractivity (Wildman–Crippen MR) is 108 cm³/mol. The van der Waals surface area contributed by atoms with E-state index in [0.29, 0.717) is 5.69 Å². The monoisotopic (exact) mass is 401 g/mol. The van der Waals surface area contributed by atoms with Gasteiger partial charge in [-0.3, -0.25) is 9.52 Å². The summed E-state index contributed by atoms with van der Waals surface area (Å²) in [5.41, 5.74) is 1.88. The first kappa shape index (κ1) is 18.7. The number of amides is 1. The standard InChI is InChI=1S/C19H23N5O3S/c1-22-7-9-24(10-8-22)18-6-3-15(13-20-18)21-28(26,27)16-4-5-17-14(11-16)12-19(25)23(17)2/h3-6,11,13,21H,7-10,12H2,1-2H3. The lowest BCUT2D eigenvalue weighted by atomic mass is 10.2. The molecule has 1 saturated heterocycles. The molecule has 1 fully saturated rings. The zero-order valence-electron chi connectivity index (χ0n) is 15.9. The fraction of sp³-hybridized carbons (Fsp3) is 0.368. The van der Waals surface area contributed by atoms with Gasteiger partial charge in [-0.1, -0.05) is 0 Å². The van der Waals surface area contributed by atoms with Crippen molar-refractivity contribution >= 4 is 33.1 Å². The molecule has 148 valence electrons. The van der Waals surface area contributed by atoms with Crippen molar-refractivity contribution in [2.45, 2.75) is 11.3 Å². The Kier molecular flexibility index (Phi) is 4.72. The maximum Gasteiger partial charge on any atom is 0.261 e. The molecular formula is C19H23N5O3S. The van der Waals surface area contributed by atoms with Gasteiger partial charge in [-0.2, -0.15) is 0 Å². The van der Waals surface area contributed by atoms with E-state index in [1.165, 1.54) is 12.3 Å². The van der Waals surface area contributed by atoms with E-state index in [1.807, 2.05) is 6.07 Å². The van der Waals surface area contributed by atoms with E-state index in [1.54, 1.807) is 30.1 Å². The number of benzene rings is 1. The zero-order valence-corrected chi connectivity index (χ0v) is 16.7. The molecule has 2 aliphatic heterocycles. The normalized spacial score (nSPS) is 17.7. The van der Waals surface area contributed by atoms with Crippen LogP contribution in [0.25, 0.3) is 0 Å².